The average Bonchev–Trinajstić information content (AvgIpc) is 3.15. The van der Waals surface area contributed by atoms with Crippen molar-refractivity contribution in [3.8, 4) is 0 Å². The fraction of sp³-hybridized carbons (Fsp3) is 0.318. The van der Waals surface area contributed by atoms with Crippen molar-refractivity contribution in [2.45, 2.75) is 50.1 Å². The molecule has 0 fully saturated rings. The third-order valence-corrected chi connectivity index (χ3v) is 6.33. The SMILES string of the molecule is CCc1ccc(C2Nn3c(CC)nnc3SC2C(=O)Nc2cccc(C)c2)cc1. The van der Waals surface area contributed by atoms with E-state index in [0.717, 1.165) is 35.5 Å². The van der Waals surface area contributed by atoms with E-state index in [4.69, 9.17) is 0 Å². The van der Waals surface area contributed by atoms with Crippen molar-refractivity contribution < 1.29 is 4.79 Å². The fourth-order valence-electron chi connectivity index (χ4n) is 3.47. The van der Waals surface area contributed by atoms with E-state index in [1.807, 2.05) is 42.8 Å². The molecule has 2 aromatic carbocycles. The van der Waals surface area contributed by atoms with Gasteiger partial charge >= 0.3 is 0 Å². The summed E-state index contributed by atoms with van der Waals surface area (Å²) in [6.07, 6.45) is 1.75. The Morgan fingerprint density at radius 3 is 2.62 bits per heavy atom. The molecule has 0 radical (unpaired) electrons. The van der Waals surface area contributed by atoms with E-state index < -0.39 is 0 Å². The van der Waals surface area contributed by atoms with Crippen LogP contribution in [0.2, 0.25) is 0 Å². The molecule has 1 aliphatic heterocycles. The molecule has 6 nitrogen and oxygen atoms in total. The van der Waals surface area contributed by atoms with Gasteiger partial charge in [-0.25, -0.2) is 4.68 Å². The van der Waals surface area contributed by atoms with Gasteiger partial charge in [-0.15, -0.1) is 10.2 Å². The largest absolute Gasteiger partial charge is 0.325 e. The number of thioether (sulfide) groups is 1. The molecule has 1 aromatic heterocycles. The minimum absolute atomic E-state index is 0.0510. The second-order valence-corrected chi connectivity index (χ2v) is 8.30. The van der Waals surface area contributed by atoms with Crippen molar-refractivity contribution in [3.63, 3.8) is 0 Å². The number of carbonyl (C=O) groups is 1. The average molecular weight is 408 g/mol. The quantitative estimate of drug-likeness (QED) is 0.666. The normalized spacial score (nSPS) is 18.0. The summed E-state index contributed by atoms with van der Waals surface area (Å²) >= 11 is 1.45. The number of fused-ring (bicyclic) bond motifs is 1. The maximum atomic E-state index is 13.2. The lowest BCUT2D eigenvalue weighted by molar-refractivity contribution is -0.116. The van der Waals surface area contributed by atoms with Crippen molar-refractivity contribution in [1.82, 2.24) is 14.9 Å². The van der Waals surface area contributed by atoms with Crippen molar-refractivity contribution in [1.29, 1.82) is 0 Å². The molecule has 2 N–H and O–H groups in total. The summed E-state index contributed by atoms with van der Waals surface area (Å²) in [5.74, 6) is 0.810. The first-order chi connectivity index (χ1) is 14.1. The van der Waals surface area contributed by atoms with E-state index in [-0.39, 0.29) is 17.2 Å². The van der Waals surface area contributed by atoms with E-state index in [9.17, 15) is 4.79 Å². The summed E-state index contributed by atoms with van der Waals surface area (Å²) in [6.45, 7) is 6.20. The van der Waals surface area contributed by atoms with Crippen molar-refractivity contribution >= 4 is 23.4 Å². The molecular weight excluding hydrogens is 382 g/mol. The van der Waals surface area contributed by atoms with Crippen molar-refractivity contribution in [3.05, 3.63) is 71.0 Å². The van der Waals surface area contributed by atoms with Gasteiger partial charge in [0.2, 0.25) is 11.1 Å². The number of nitrogens with one attached hydrogen (secondary N) is 2. The Bertz CT molecular complexity index is 1010. The molecule has 1 amide bonds. The zero-order chi connectivity index (χ0) is 20.4. The highest BCUT2D eigenvalue weighted by molar-refractivity contribution is 8.00. The van der Waals surface area contributed by atoms with E-state index in [1.54, 1.807) is 0 Å². The van der Waals surface area contributed by atoms with Gasteiger partial charge in [-0.05, 0) is 42.2 Å². The van der Waals surface area contributed by atoms with Gasteiger partial charge in [-0.2, -0.15) is 0 Å². The van der Waals surface area contributed by atoms with Crippen molar-refractivity contribution in [2.24, 2.45) is 0 Å². The van der Waals surface area contributed by atoms with Crippen molar-refractivity contribution in [2.75, 3.05) is 10.7 Å². The molecule has 2 unspecified atom stereocenters. The second kappa shape index (κ2) is 8.29. The highest BCUT2D eigenvalue weighted by Gasteiger charge is 2.37. The van der Waals surface area contributed by atoms with E-state index in [0.29, 0.717) is 5.16 Å². The van der Waals surface area contributed by atoms with Gasteiger partial charge in [0.25, 0.3) is 0 Å². The zero-order valence-corrected chi connectivity index (χ0v) is 17.7. The van der Waals surface area contributed by atoms with E-state index in [2.05, 4.69) is 52.1 Å². The number of anilines is 1. The molecule has 3 aromatic rings. The summed E-state index contributed by atoms with van der Waals surface area (Å²) in [5, 5.41) is 11.9. The first-order valence-electron chi connectivity index (χ1n) is 9.93. The fourth-order valence-corrected chi connectivity index (χ4v) is 4.57. The molecule has 1 aliphatic rings. The van der Waals surface area contributed by atoms with Crippen LogP contribution in [-0.2, 0) is 17.6 Å². The number of aryl methyl sites for hydroxylation is 3. The Morgan fingerprint density at radius 2 is 1.93 bits per heavy atom. The molecule has 150 valence electrons. The van der Waals surface area contributed by atoms with Gasteiger partial charge in [0.15, 0.2) is 5.82 Å². The molecule has 2 heterocycles. The highest BCUT2D eigenvalue weighted by Crippen LogP contribution is 2.37. The number of hydrogen-bond donors (Lipinski definition) is 2. The lowest BCUT2D eigenvalue weighted by Crippen LogP contribution is -2.41. The van der Waals surface area contributed by atoms with Crippen LogP contribution in [-0.4, -0.2) is 26.0 Å². The molecule has 0 saturated carbocycles. The molecule has 0 aliphatic carbocycles. The van der Waals surface area contributed by atoms with Crippen LogP contribution in [0.4, 0.5) is 5.69 Å². The topological polar surface area (TPSA) is 71.8 Å². The molecule has 0 saturated heterocycles. The number of carbonyl (C=O) groups excluding carboxylic acids is 1. The molecule has 0 bridgehead atoms. The number of aromatic nitrogens is 3. The Kier molecular flexibility index (Phi) is 5.58. The minimum Gasteiger partial charge on any atom is -0.325 e. The lowest BCUT2D eigenvalue weighted by Gasteiger charge is -2.33. The number of rotatable bonds is 5. The minimum atomic E-state index is -0.371. The third-order valence-electron chi connectivity index (χ3n) is 5.11. The van der Waals surface area contributed by atoms with E-state index in [1.165, 1.54) is 17.3 Å². The number of benzene rings is 2. The van der Waals surface area contributed by atoms with Gasteiger partial charge in [-0.1, -0.05) is 62.0 Å². The van der Waals surface area contributed by atoms with Crippen LogP contribution in [0, 0.1) is 6.92 Å². The van der Waals surface area contributed by atoms with Crippen LogP contribution < -0.4 is 10.7 Å². The Hall–Kier alpha value is -2.80. The first-order valence-corrected chi connectivity index (χ1v) is 10.8. The number of amides is 1. The van der Waals surface area contributed by atoms with Crippen LogP contribution >= 0.6 is 11.8 Å². The summed E-state index contributed by atoms with van der Waals surface area (Å²) in [6, 6.07) is 16.1. The summed E-state index contributed by atoms with van der Waals surface area (Å²) in [4.78, 5) is 13.2. The third kappa shape index (κ3) is 4.00. The van der Waals surface area contributed by atoms with Gasteiger partial charge < -0.3 is 10.7 Å². The molecule has 29 heavy (non-hydrogen) atoms. The van der Waals surface area contributed by atoms with Gasteiger partial charge in [-0.3, -0.25) is 4.79 Å². The van der Waals surface area contributed by atoms with Crippen LogP contribution in [0.1, 0.15) is 42.4 Å². The first kappa shape index (κ1) is 19.5. The predicted octanol–water partition coefficient (Wildman–Crippen LogP) is 4.11. The second-order valence-electron chi connectivity index (χ2n) is 7.19. The maximum Gasteiger partial charge on any atom is 0.240 e. The summed E-state index contributed by atoms with van der Waals surface area (Å²) < 4.78 is 1.92. The van der Waals surface area contributed by atoms with Gasteiger partial charge in [0.1, 0.15) is 5.25 Å². The number of hydrogen-bond acceptors (Lipinski definition) is 5. The Balaban J connectivity index is 1.66. The highest BCUT2D eigenvalue weighted by atomic mass is 32.2. The zero-order valence-electron chi connectivity index (χ0n) is 16.8. The molecular formula is C22H25N5OS. The summed E-state index contributed by atoms with van der Waals surface area (Å²) in [7, 11) is 0. The summed E-state index contributed by atoms with van der Waals surface area (Å²) in [5.41, 5.74) is 7.74. The smallest absolute Gasteiger partial charge is 0.240 e. The predicted molar refractivity (Wildman–Crippen MR) is 117 cm³/mol. The standard InChI is InChI=1S/C22H25N5OS/c1-4-15-9-11-16(12-10-15)19-20(21(28)23-17-8-6-7-14(3)13-17)29-22-25-24-18(5-2)27(22)26-19/h6-13,19-20,26H,4-5H2,1-3H3,(H,23,28). The van der Waals surface area contributed by atoms with Gasteiger partial charge in [0.05, 0.1) is 6.04 Å². The molecule has 4 rings (SSSR count). The molecule has 0 spiro atoms. The monoisotopic (exact) mass is 407 g/mol. The molecule has 7 heteroatoms. The molecule has 2 atom stereocenters. The van der Waals surface area contributed by atoms with Crippen LogP contribution in [0.25, 0.3) is 0 Å². The number of nitrogens with zero attached hydrogens (tertiary/aromatic N) is 3. The Morgan fingerprint density at radius 1 is 1.14 bits per heavy atom. The van der Waals surface area contributed by atoms with E-state index >= 15 is 0 Å². The Labute approximate surface area is 175 Å². The van der Waals surface area contributed by atoms with Crippen LogP contribution in [0.5, 0.6) is 0 Å². The van der Waals surface area contributed by atoms with Crippen LogP contribution in [0.3, 0.4) is 0 Å². The van der Waals surface area contributed by atoms with Crippen LogP contribution in [0.15, 0.2) is 53.7 Å². The maximum absolute atomic E-state index is 13.2. The van der Waals surface area contributed by atoms with Gasteiger partial charge in [0, 0.05) is 12.1 Å². The lowest BCUT2D eigenvalue weighted by atomic mass is 10.0.